The van der Waals surface area contributed by atoms with E-state index in [1.54, 1.807) is 0 Å². The van der Waals surface area contributed by atoms with Gasteiger partial charge in [0.05, 0.1) is 16.4 Å². The molecular formula is C13H12BrF3N2O. The number of aryl methyl sites for hydroxylation is 1. The third-order valence-corrected chi connectivity index (χ3v) is 3.50. The molecule has 0 fully saturated rings. The summed E-state index contributed by atoms with van der Waals surface area (Å²) in [6.45, 7) is 2.44. The monoisotopic (exact) mass is 348 g/mol. The summed E-state index contributed by atoms with van der Waals surface area (Å²) in [5.74, 6) is -4.28. The summed E-state index contributed by atoms with van der Waals surface area (Å²) in [5.41, 5.74) is -0.0285. The Kier molecular flexibility index (Phi) is 4.49. The zero-order valence-electron chi connectivity index (χ0n) is 10.6. The summed E-state index contributed by atoms with van der Waals surface area (Å²) in [5, 5.41) is 14.3. The van der Waals surface area contributed by atoms with Crippen molar-refractivity contribution < 1.29 is 18.3 Å². The largest absolute Gasteiger partial charge is 0.382 e. The Morgan fingerprint density at radius 1 is 1.30 bits per heavy atom. The number of rotatable bonds is 4. The van der Waals surface area contributed by atoms with Crippen LogP contribution >= 0.6 is 15.9 Å². The lowest BCUT2D eigenvalue weighted by Crippen LogP contribution is -2.13. The fourth-order valence-corrected chi connectivity index (χ4v) is 2.45. The van der Waals surface area contributed by atoms with Crippen LogP contribution in [0.2, 0.25) is 0 Å². The fourth-order valence-electron chi connectivity index (χ4n) is 1.93. The van der Waals surface area contributed by atoms with Gasteiger partial charge in [-0.3, -0.25) is 4.68 Å². The molecule has 1 N–H and O–H groups in total. The van der Waals surface area contributed by atoms with E-state index >= 15 is 0 Å². The predicted octanol–water partition coefficient (Wildman–Crippen LogP) is 3.55. The Morgan fingerprint density at radius 3 is 2.65 bits per heavy atom. The fraction of sp³-hybridized carbons (Fsp3) is 0.308. The van der Waals surface area contributed by atoms with Crippen LogP contribution in [0.4, 0.5) is 13.2 Å². The molecule has 1 aromatic carbocycles. The van der Waals surface area contributed by atoms with E-state index in [4.69, 9.17) is 0 Å². The molecule has 1 atom stereocenters. The first kappa shape index (κ1) is 15.1. The number of aliphatic hydroxyl groups is 1. The first-order chi connectivity index (χ1) is 9.47. The lowest BCUT2D eigenvalue weighted by atomic mass is 10.1. The van der Waals surface area contributed by atoms with Crippen molar-refractivity contribution in [1.29, 1.82) is 0 Å². The van der Waals surface area contributed by atoms with E-state index in [1.807, 2.05) is 6.92 Å². The van der Waals surface area contributed by atoms with Gasteiger partial charge in [-0.15, -0.1) is 0 Å². The Hall–Kier alpha value is -1.34. The lowest BCUT2D eigenvalue weighted by molar-refractivity contribution is 0.199. The van der Waals surface area contributed by atoms with Crippen molar-refractivity contribution in [2.24, 2.45) is 0 Å². The second-order valence-electron chi connectivity index (χ2n) is 4.27. The minimum absolute atomic E-state index is 0.303. The van der Waals surface area contributed by atoms with E-state index < -0.39 is 23.6 Å². The average Bonchev–Trinajstić information content (AvgIpc) is 2.77. The Bertz CT molecular complexity index is 630. The standard InChI is InChI=1S/C13H12BrF3N2O/c1-2-5-19-12(8(14)6-18-19)13(20)7-3-4-9(15)11(17)10(7)16/h3-4,6,13,20H,2,5H2,1H3. The Balaban J connectivity index is 2.49. The van der Waals surface area contributed by atoms with Crippen molar-refractivity contribution in [3.8, 4) is 0 Å². The van der Waals surface area contributed by atoms with Crippen LogP contribution in [0.25, 0.3) is 0 Å². The van der Waals surface area contributed by atoms with Crippen LogP contribution in [0.1, 0.15) is 30.7 Å². The van der Waals surface area contributed by atoms with Gasteiger partial charge in [-0.05, 0) is 34.5 Å². The molecule has 0 amide bonds. The van der Waals surface area contributed by atoms with Crippen molar-refractivity contribution >= 4 is 15.9 Å². The molecule has 2 aromatic rings. The molecule has 1 aromatic heterocycles. The molecule has 3 nitrogen and oxygen atoms in total. The van der Waals surface area contributed by atoms with Crippen LogP contribution in [0, 0.1) is 17.5 Å². The van der Waals surface area contributed by atoms with Crippen molar-refractivity contribution in [1.82, 2.24) is 9.78 Å². The minimum atomic E-state index is -1.60. The summed E-state index contributed by atoms with van der Waals surface area (Å²) in [6.07, 6.45) is 0.786. The first-order valence-electron chi connectivity index (χ1n) is 6.00. The summed E-state index contributed by atoms with van der Waals surface area (Å²) in [4.78, 5) is 0. The quantitative estimate of drug-likeness (QED) is 0.858. The maximum absolute atomic E-state index is 13.7. The van der Waals surface area contributed by atoms with E-state index in [2.05, 4.69) is 21.0 Å². The molecule has 7 heteroatoms. The van der Waals surface area contributed by atoms with Crippen molar-refractivity contribution in [3.63, 3.8) is 0 Å². The zero-order chi connectivity index (χ0) is 14.9. The highest BCUT2D eigenvalue weighted by molar-refractivity contribution is 9.10. The van der Waals surface area contributed by atoms with Gasteiger partial charge in [0.15, 0.2) is 17.5 Å². The molecule has 108 valence electrons. The smallest absolute Gasteiger partial charge is 0.194 e. The summed E-state index contributed by atoms with van der Waals surface area (Å²) >= 11 is 3.21. The van der Waals surface area contributed by atoms with Crippen LogP contribution in [-0.4, -0.2) is 14.9 Å². The predicted molar refractivity (Wildman–Crippen MR) is 70.6 cm³/mol. The number of aliphatic hydroxyl groups excluding tert-OH is 1. The summed E-state index contributed by atoms with van der Waals surface area (Å²) in [6, 6.07) is 1.81. The van der Waals surface area contributed by atoms with Gasteiger partial charge in [-0.2, -0.15) is 5.10 Å². The van der Waals surface area contributed by atoms with Gasteiger partial charge in [0, 0.05) is 12.1 Å². The molecule has 0 aliphatic rings. The highest BCUT2D eigenvalue weighted by Gasteiger charge is 2.25. The summed E-state index contributed by atoms with van der Waals surface area (Å²) in [7, 11) is 0. The third-order valence-electron chi connectivity index (χ3n) is 2.89. The molecule has 0 aliphatic carbocycles. The number of benzene rings is 1. The maximum Gasteiger partial charge on any atom is 0.194 e. The molecule has 2 rings (SSSR count). The van der Waals surface area contributed by atoms with Crippen molar-refractivity contribution in [3.05, 3.63) is 51.5 Å². The van der Waals surface area contributed by atoms with Gasteiger partial charge >= 0.3 is 0 Å². The van der Waals surface area contributed by atoms with Gasteiger partial charge in [0.2, 0.25) is 0 Å². The molecule has 20 heavy (non-hydrogen) atoms. The second kappa shape index (κ2) is 5.97. The lowest BCUT2D eigenvalue weighted by Gasteiger charge is -2.15. The minimum Gasteiger partial charge on any atom is -0.382 e. The molecule has 0 aliphatic heterocycles. The topological polar surface area (TPSA) is 38.0 Å². The number of halogens is 4. The highest BCUT2D eigenvalue weighted by Crippen LogP contribution is 2.31. The molecular weight excluding hydrogens is 337 g/mol. The number of nitrogens with zero attached hydrogens (tertiary/aromatic N) is 2. The molecule has 0 saturated heterocycles. The average molecular weight is 349 g/mol. The second-order valence-corrected chi connectivity index (χ2v) is 5.12. The van der Waals surface area contributed by atoms with Crippen LogP contribution in [0.3, 0.4) is 0 Å². The van der Waals surface area contributed by atoms with Crippen molar-refractivity contribution in [2.45, 2.75) is 26.0 Å². The molecule has 0 saturated carbocycles. The van der Waals surface area contributed by atoms with Crippen LogP contribution in [0.5, 0.6) is 0 Å². The number of hydrogen-bond donors (Lipinski definition) is 1. The van der Waals surface area contributed by atoms with Crippen LogP contribution < -0.4 is 0 Å². The summed E-state index contributed by atoms with van der Waals surface area (Å²) < 4.78 is 41.9. The first-order valence-corrected chi connectivity index (χ1v) is 6.79. The van der Waals surface area contributed by atoms with E-state index in [0.29, 0.717) is 16.7 Å². The van der Waals surface area contributed by atoms with Gasteiger partial charge in [0.1, 0.15) is 6.10 Å². The van der Waals surface area contributed by atoms with Gasteiger partial charge < -0.3 is 5.11 Å². The molecule has 0 radical (unpaired) electrons. The molecule has 0 bridgehead atoms. The number of hydrogen-bond acceptors (Lipinski definition) is 2. The molecule has 1 unspecified atom stereocenters. The third kappa shape index (κ3) is 2.60. The Morgan fingerprint density at radius 2 is 2.00 bits per heavy atom. The van der Waals surface area contributed by atoms with Gasteiger partial charge in [0.25, 0.3) is 0 Å². The number of aromatic nitrogens is 2. The van der Waals surface area contributed by atoms with Crippen molar-refractivity contribution in [2.75, 3.05) is 0 Å². The van der Waals surface area contributed by atoms with Crippen LogP contribution in [-0.2, 0) is 6.54 Å². The highest BCUT2D eigenvalue weighted by atomic mass is 79.9. The van der Waals surface area contributed by atoms with E-state index in [0.717, 1.165) is 18.6 Å². The Labute approximate surface area is 122 Å². The van der Waals surface area contributed by atoms with Gasteiger partial charge in [-0.25, -0.2) is 13.2 Å². The maximum atomic E-state index is 13.7. The molecule has 0 spiro atoms. The SMILES string of the molecule is CCCn1ncc(Br)c1C(O)c1ccc(F)c(F)c1F. The van der Waals surface area contributed by atoms with E-state index in [-0.39, 0.29) is 5.56 Å². The van der Waals surface area contributed by atoms with E-state index in [1.165, 1.54) is 10.9 Å². The zero-order valence-corrected chi connectivity index (χ0v) is 12.2. The van der Waals surface area contributed by atoms with Crippen LogP contribution in [0.15, 0.2) is 22.8 Å². The molecule has 1 heterocycles. The van der Waals surface area contributed by atoms with Gasteiger partial charge in [-0.1, -0.05) is 6.92 Å². The normalized spacial score (nSPS) is 12.7. The van der Waals surface area contributed by atoms with E-state index in [9.17, 15) is 18.3 Å².